The summed E-state index contributed by atoms with van der Waals surface area (Å²) in [7, 11) is 0. The molecule has 0 radical (unpaired) electrons. The molecule has 1 atom stereocenters. The molecule has 0 spiro atoms. The van der Waals surface area contributed by atoms with Crippen molar-refractivity contribution in [1.29, 1.82) is 0 Å². The van der Waals surface area contributed by atoms with E-state index in [0.717, 1.165) is 5.75 Å². The van der Waals surface area contributed by atoms with Crippen LogP contribution < -0.4 is 15.0 Å². The molecule has 0 N–H and O–H groups in total. The number of hydrogen-bond donors (Lipinski definition) is 0. The SMILES string of the molecule is CC(C)c1ccccc1-c1ccc(OC[C@@H]2Cn3ccc(=O)nc3O2)cc1. The van der Waals surface area contributed by atoms with Gasteiger partial charge < -0.3 is 9.47 Å². The van der Waals surface area contributed by atoms with Gasteiger partial charge in [0.05, 0.1) is 6.54 Å². The van der Waals surface area contributed by atoms with E-state index in [4.69, 9.17) is 9.47 Å². The Morgan fingerprint density at radius 1 is 1.15 bits per heavy atom. The smallest absolute Gasteiger partial charge is 0.300 e. The number of rotatable bonds is 5. The van der Waals surface area contributed by atoms with E-state index in [1.165, 1.54) is 22.8 Å². The van der Waals surface area contributed by atoms with Gasteiger partial charge in [-0.05, 0) is 34.7 Å². The number of hydrogen-bond acceptors (Lipinski definition) is 4. The van der Waals surface area contributed by atoms with Crippen LogP contribution in [0, 0.1) is 0 Å². The molecule has 0 aliphatic carbocycles. The van der Waals surface area contributed by atoms with Gasteiger partial charge in [-0.15, -0.1) is 0 Å². The monoisotopic (exact) mass is 362 g/mol. The maximum absolute atomic E-state index is 11.3. The molecule has 4 rings (SSSR count). The van der Waals surface area contributed by atoms with Crippen molar-refractivity contribution < 1.29 is 9.47 Å². The molecule has 1 aromatic heterocycles. The van der Waals surface area contributed by atoms with Crippen molar-refractivity contribution in [3.63, 3.8) is 0 Å². The van der Waals surface area contributed by atoms with Gasteiger partial charge in [0.25, 0.3) is 11.6 Å². The number of ether oxygens (including phenoxy) is 2. The topological polar surface area (TPSA) is 53.4 Å². The van der Waals surface area contributed by atoms with Crippen LogP contribution in [0.5, 0.6) is 11.8 Å². The Labute approximate surface area is 158 Å². The predicted molar refractivity (Wildman–Crippen MR) is 104 cm³/mol. The van der Waals surface area contributed by atoms with Crippen LogP contribution in [0.2, 0.25) is 0 Å². The summed E-state index contributed by atoms with van der Waals surface area (Å²) in [6.45, 7) is 5.44. The summed E-state index contributed by atoms with van der Waals surface area (Å²) >= 11 is 0. The lowest BCUT2D eigenvalue weighted by molar-refractivity contribution is 0.143. The van der Waals surface area contributed by atoms with Gasteiger partial charge in [0, 0.05) is 12.3 Å². The summed E-state index contributed by atoms with van der Waals surface area (Å²) in [4.78, 5) is 15.2. The zero-order chi connectivity index (χ0) is 18.8. The van der Waals surface area contributed by atoms with Crippen LogP contribution in [-0.2, 0) is 6.54 Å². The largest absolute Gasteiger partial charge is 0.490 e. The third-order valence-corrected chi connectivity index (χ3v) is 4.71. The minimum Gasteiger partial charge on any atom is -0.490 e. The van der Waals surface area contributed by atoms with E-state index in [2.05, 4.69) is 55.2 Å². The molecule has 138 valence electrons. The predicted octanol–water partition coefficient (Wildman–Crippen LogP) is 3.87. The van der Waals surface area contributed by atoms with E-state index in [9.17, 15) is 4.79 Å². The number of benzene rings is 2. The van der Waals surface area contributed by atoms with Crippen molar-refractivity contribution in [2.24, 2.45) is 0 Å². The maximum atomic E-state index is 11.3. The number of nitrogens with zero attached hydrogens (tertiary/aromatic N) is 2. The Morgan fingerprint density at radius 3 is 2.70 bits per heavy atom. The quantitative estimate of drug-likeness (QED) is 0.691. The van der Waals surface area contributed by atoms with Gasteiger partial charge in [0.1, 0.15) is 12.4 Å². The first-order valence-corrected chi connectivity index (χ1v) is 9.16. The van der Waals surface area contributed by atoms with Crippen LogP contribution in [0.4, 0.5) is 0 Å². The molecule has 0 saturated heterocycles. The fourth-order valence-electron chi connectivity index (χ4n) is 3.32. The molecular formula is C22H22N2O3. The molecular weight excluding hydrogens is 340 g/mol. The highest BCUT2D eigenvalue weighted by molar-refractivity contribution is 5.68. The zero-order valence-corrected chi connectivity index (χ0v) is 15.5. The van der Waals surface area contributed by atoms with Gasteiger partial charge in [0.15, 0.2) is 6.10 Å². The van der Waals surface area contributed by atoms with Crippen molar-refractivity contribution in [3.05, 3.63) is 76.7 Å². The third kappa shape index (κ3) is 3.72. The summed E-state index contributed by atoms with van der Waals surface area (Å²) in [6, 6.07) is 18.4. The van der Waals surface area contributed by atoms with Crippen molar-refractivity contribution in [2.45, 2.75) is 32.4 Å². The van der Waals surface area contributed by atoms with Crippen LogP contribution >= 0.6 is 0 Å². The Balaban J connectivity index is 1.42. The molecule has 2 heterocycles. The molecule has 0 fully saturated rings. The van der Waals surface area contributed by atoms with E-state index in [1.54, 1.807) is 6.20 Å². The molecule has 3 aromatic rings. The third-order valence-electron chi connectivity index (χ3n) is 4.71. The van der Waals surface area contributed by atoms with Crippen LogP contribution in [0.25, 0.3) is 11.1 Å². The van der Waals surface area contributed by atoms with Crippen molar-refractivity contribution in [1.82, 2.24) is 9.55 Å². The van der Waals surface area contributed by atoms with Gasteiger partial charge in [-0.1, -0.05) is 50.2 Å². The first-order chi connectivity index (χ1) is 13.1. The highest BCUT2D eigenvalue weighted by Gasteiger charge is 2.23. The summed E-state index contributed by atoms with van der Waals surface area (Å²) in [5, 5.41) is 0. The fraction of sp³-hybridized carbons (Fsp3) is 0.273. The Bertz CT molecular complexity index is 993. The average molecular weight is 362 g/mol. The molecule has 0 saturated carbocycles. The Morgan fingerprint density at radius 2 is 1.93 bits per heavy atom. The molecule has 2 aromatic carbocycles. The number of fused-ring (bicyclic) bond motifs is 1. The van der Waals surface area contributed by atoms with Crippen LogP contribution in [0.1, 0.15) is 25.3 Å². The highest BCUT2D eigenvalue weighted by atomic mass is 16.6. The average Bonchev–Trinajstić information content (AvgIpc) is 3.09. The van der Waals surface area contributed by atoms with Crippen LogP contribution in [0.15, 0.2) is 65.6 Å². The van der Waals surface area contributed by atoms with E-state index in [-0.39, 0.29) is 11.7 Å². The number of aromatic nitrogens is 2. The van der Waals surface area contributed by atoms with E-state index in [1.807, 2.05) is 16.7 Å². The second-order valence-electron chi connectivity index (χ2n) is 7.02. The van der Waals surface area contributed by atoms with Crippen LogP contribution in [-0.4, -0.2) is 22.3 Å². The van der Waals surface area contributed by atoms with E-state index >= 15 is 0 Å². The zero-order valence-electron chi connectivity index (χ0n) is 15.5. The van der Waals surface area contributed by atoms with Crippen molar-refractivity contribution in [3.8, 4) is 22.9 Å². The van der Waals surface area contributed by atoms with Gasteiger partial charge in [-0.3, -0.25) is 9.36 Å². The van der Waals surface area contributed by atoms with Gasteiger partial charge in [0.2, 0.25) is 0 Å². The van der Waals surface area contributed by atoms with Crippen LogP contribution in [0.3, 0.4) is 0 Å². The minimum absolute atomic E-state index is 0.152. The molecule has 5 nitrogen and oxygen atoms in total. The molecule has 0 bridgehead atoms. The van der Waals surface area contributed by atoms with E-state index in [0.29, 0.717) is 25.1 Å². The molecule has 27 heavy (non-hydrogen) atoms. The molecule has 0 unspecified atom stereocenters. The molecule has 1 aliphatic heterocycles. The Kier molecular flexibility index (Phi) is 4.67. The lowest BCUT2D eigenvalue weighted by Gasteiger charge is -2.14. The Hall–Kier alpha value is -3.08. The minimum atomic E-state index is -0.292. The normalized spacial score (nSPS) is 15.4. The standard InChI is InChI=1S/C22H22N2O3/c1-15(2)19-5-3-4-6-20(19)16-7-9-17(10-8-16)26-14-18-13-24-12-11-21(25)23-22(24)27-18/h3-12,15,18H,13-14H2,1-2H3/t18-/m0/s1. The summed E-state index contributed by atoms with van der Waals surface area (Å²) < 4.78 is 13.4. The second-order valence-corrected chi connectivity index (χ2v) is 7.02. The highest BCUT2D eigenvalue weighted by Crippen LogP contribution is 2.30. The molecule has 1 aliphatic rings. The lowest BCUT2D eigenvalue weighted by Crippen LogP contribution is -2.23. The second kappa shape index (κ2) is 7.27. The fourth-order valence-corrected chi connectivity index (χ4v) is 3.32. The summed E-state index contributed by atoms with van der Waals surface area (Å²) in [6.07, 6.45) is 1.55. The van der Waals surface area contributed by atoms with Gasteiger partial charge in [-0.2, -0.15) is 4.98 Å². The first kappa shape index (κ1) is 17.3. The first-order valence-electron chi connectivity index (χ1n) is 9.16. The summed E-state index contributed by atoms with van der Waals surface area (Å²) in [5.41, 5.74) is 3.48. The molecule has 0 amide bonds. The molecule has 5 heteroatoms. The summed E-state index contributed by atoms with van der Waals surface area (Å²) in [5.74, 6) is 1.27. The lowest BCUT2D eigenvalue weighted by atomic mass is 9.93. The van der Waals surface area contributed by atoms with Crippen molar-refractivity contribution >= 4 is 0 Å². The van der Waals surface area contributed by atoms with Gasteiger partial charge in [-0.25, -0.2) is 0 Å². The van der Waals surface area contributed by atoms with Crippen molar-refractivity contribution in [2.75, 3.05) is 6.61 Å². The van der Waals surface area contributed by atoms with E-state index < -0.39 is 0 Å². The van der Waals surface area contributed by atoms with Gasteiger partial charge >= 0.3 is 0 Å². The maximum Gasteiger partial charge on any atom is 0.300 e.